The van der Waals surface area contributed by atoms with Gasteiger partial charge < -0.3 is 4.90 Å². The van der Waals surface area contributed by atoms with E-state index in [1.165, 1.54) is 0 Å². The Kier molecular flexibility index (Phi) is 3.36. The monoisotopic (exact) mass is 258 g/mol. The van der Waals surface area contributed by atoms with Crippen molar-refractivity contribution in [3.8, 4) is 0 Å². The number of carbonyl (C=O) groups is 1. The molecule has 1 aliphatic heterocycles. The summed E-state index contributed by atoms with van der Waals surface area (Å²) < 4.78 is 0. The van der Waals surface area contributed by atoms with Crippen molar-refractivity contribution >= 4 is 29.1 Å². The first-order valence-electron chi connectivity index (χ1n) is 5.21. The predicted octanol–water partition coefficient (Wildman–Crippen LogP) is 2.93. The molecule has 16 heavy (non-hydrogen) atoms. The number of halogens is 2. The molecule has 0 bridgehead atoms. The highest BCUT2D eigenvalue weighted by Gasteiger charge is 2.22. The maximum Gasteiger partial charge on any atom is 0.254 e. The Labute approximate surface area is 104 Å². The minimum absolute atomic E-state index is 0.00111. The van der Waals surface area contributed by atoms with Crippen LogP contribution in [0.5, 0.6) is 0 Å². The summed E-state index contributed by atoms with van der Waals surface area (Å²) in [4.78, 5) is 17.9. The maximum absolute atomic E-state index is 12.2. The van der Waals surface area contributed by atoms with Crippen LogP contribution >= 0.6 is 23.2 Å². The lowest BCUT2D eigenvalue weighted by atomic mass is 10.1. The molecule has 2 rings (SSSR count). The Hall–Kier alpha value is -0.800. The molecule has 1 aromatic heterocycles. The van der Waals surface area contributed by atoms with Crippen molar-refractivity contribution in [2.75, 3.05) is 13.1 Å². The molecule has 0 aromatic carbocycles. The van der Waals surface area contributed by atoms with Gasteiger partial charge in [0.15, 0.2) is 0 Å². The van der Waals surface area contributed by atoms with Crippen LogP contribution < -0.4 is 0 Å². The van der Waals surface area contributed by atoms with Crippen molar-refractivity contribution in [1.29, 1.82) is 0 Å². The fraction of sp³-hybridized carbons (Fsp3) is 0.455. The van der Waals surface area contributed by atoms with E-state index in [-0.39, 0.29) is 11.1 Å². The van der Waals surface area contributed by atoms with E-state index in [1.807, 2.05) is 4.90 Å². The number of aromatic nitrogens is 1. The second-order valence-corrected chi connectivity index (χ2v) is 4.65. The van der Waals surface area contributed by atoms with E-state index in [4.69, 9.17) is 23.2 Å². The minimum Gasteiger partial charge on any atom is -0.339 e. The molecule has 0 unspecified atom stereocenters. The summed E-state index contributed by atoms with van der Waals surface area (Å²) in [6.45, 7) is 3.42. The zero-order valence-electron chi connectivity index (χ0n) is 8.96. The van der Waals surface area contributed by atoms with Crippen molar-refractivity contribution < 1.29 is 4.79 Å². The number of amides is 1. The summed E-state index contributed by atoms with van der Waals surface area (Å²) in [6, 6.07) is 1.59. The third-order valence-electron chi connectivity index (χ3n) is 2.81. The van der Waals surface area contributed by atoms with Gasteiger partial charge in [-0.05, 0) is 31.4 Å². The second kappa shape index (κ2) is 4.60. The summed E-state index contributed by atoms with van der Waals surface area (Å²) in [5, 5.41) is 0.563. The van der Waals surface area contributed by atoms with E-state index in [0.717, 1.165) is 25.9 Å². The van der Waals surface area contributed by atoms with Gasteiger partial charge in [-0.25, -0.2) is 4.98 Å². The molecule has 0 N–H and O–H groups in total. The smallest absolute Gasteiger partial charge is 0.254 e. The number of rotatable bonds is 1. The summed E-state index contributed by atoms with van der Waals surface area (Å²) in [7, 11) is 0. The van der Waals surface area contributed by atoms with Crippen LogP contribution in [0, 0.1) is 6.92 Å². The largest absolute Gasteiger partial charge is 0.339 e. The van der Waals surface area contributed by atoms with Crippen molar-refractivity contribution in [3.05, 3.63) is 27.5 Å². The van der Waals surface area contributed by atoms with E-state index < -0.39 is 0 Å². The lowest BCUT2D eigenvalue weighted by Gasteiger charge is -2.17. The summed E-state index contributed by atoms with van der Waals surface area (Å²) >= 11 is 11.7. The van der Waals surface area contributed by atoms with Gasteiger partial charge in [-0.1, -0.05) is 23.2 Å². The Morgan fingerprint density at radius 1 is 1.38 bits per heavy atom. The Morgan fingerprint density at radius 2 is 2.00 bits per heavy atom. The summed E-state index contributed by atoms with van der Waals surface area (Å²) in [5.74, 6) is 0.00111. The van der Waals surface area contributed by atoms with E-state index in [2.05, 4.69) is 4.98 Å². The van der Waals surface area contributed by atoms with E-state index in [9.17, 15) is 4.79 Å². The first-order chi connectivity index (χ1) is 7.59. The zero-order chi connectivity index (χ0) is 11.7. The molecule has 0 atom stereocenters. The first-order valence-corrected chi connectivity index (χ1v) is 5.97. The molecule has 0 saturated carbocycles. The Balaban J connectivity index is 2.35. The fourth-order valence-corrected chi connectivity index (χ4v) is 2.29. The van der Waals surface area contributed by atoms with E-state index in [1.54, 1.807) is 13.0 Å². The van der Waals surface area contributed by atoms with Gasteiger partial charge >= 0.3 is 0 Å². The molecule has 0 aliphatic carbocycles. The van der Waals surface area contributed by atoms with Crippen LogP contribution in [0.3, 0.4) is 0 Å². The standard InChI is InChI=1S/C11H12Cl2N2O/c1-7-8(6-9(12)14-10(7)13)11(16)15-4-2-3-5-15/h6H,2-5H2,1H3. The normalized spacial score (nSPS) is 15.6. The van der Waals surface area contributed by atoms with Crippen LogP contribution in [0.2, 0.25) is 10.3 Å². The molecule has 1 aromatic rings. The van der Waals surface area contributed by atoms with Gasteiger partial charge in [0, 0.05) is 18.7 Å². The third-order valence-corrected chi connectivity index (χ3v) is 3.37. The van der Waals surface area contributed by atoms with Crippen LogP contribution in [0.4, 0.5) is 0 Å². The molecule has 86 valence electrons. The van der Waals surface area contributed by atoms with Crippen LogP contribution in [-0.4, -0.2) is 28.9 Å². The van der Waals surface area contributed by atoms with Crippen molar-refractivity contribution in [3.63, 3.8) is 0 Å². The number of pyridine rings is 1. The average Bonchev–Trinajstić information content (AvgIpc) is 2.75. The highest BCUT2D eigenvalue weighted by molar-refractivity contribution is 6.33. The third kappa shape index (κ3) is 2.15. The Morgan fingerprint density at radius 3 is 2.62 bits per heavy atom. The summed E-state index contributed by atoms with van der Waals surface area (Å²) in [6.07, 6.45) is 2.13. The molecule has 0 spiro atoms. The van der Waals surface area contributed by atoms with Gasteiger partial charge in [-0.3, -0.25) is 4.79 Å². The van der Waals surface area contributed by atoms with Crippen molar-refractivity contribution in [2.24, 2.45) is 0 Å². The van der Waals surface area contributed by atoms with Gasteiger partial charge in [0.2, 0.25) is 0 Å². The van der Waals surface area contributed by atoms with Crippen LogP contribution in [0.25, 0.3) is 0 Å². The SMILES string of the molecule is Cc1c(C(=O)N2CCCC2)cc(Cl)nc1Cl. The molecular formula is C11H12Cl2N2O. The van der Waals surface area contributed by atoms with E-state index in [0.29, 0.717) is 16.3 Å². The molecule has 1 amide bonds. The lowest BCUT2D eigenvalue weighted by Crippen LogP contribution is -2.28. The van der Waals surface area contributed by atoms with Crippen LogP contribution in [-0.2, 0) is 0 Å². The second-order valence-electron chi connectivity index (χ2n) is 3.91. The summed E-state index contributed by atoms with van der Waals surface area (Å²) in [5.41, 5.74) is 1.26. The molecule has 1 aliphatic rings. The highest BCUT2D eigenvalue weighted by atomic mass is 35.5. The molecular weight excluding hydrogens is 247 g/mol. The number of likely N-dealkylation sites (tertiary alicyclic amines) is 1. The minimum atomic E-state index is 0.00111. The molecule has 1 saturated heterocycles. The van der Waals surface area contributed by atoms with Crippen molar-refractivity contribution in [1.82, 2.24) is 9.88 Å². The lowest BCUT2D eigenvalue weighted by molar-refractivity contribution is 0.0792. The number of hydrogen-bond donors (Lipinski definition) is 0. The molecule has 5 heteroatoms. The molecule has 0 radical (unpaired) electrons. The van der Waals surface area contributed by atoms with E-state index >= 15 is 0 Å². The fourth-order valence-electron chi connectivity index (χ4n) is 1.86. The van der Waals surface area contributed by atoms with Gasteiger partial charge in [-0.15, -0.1) is 0 Å². The van der Waals surface area contributed by atoms with Crippen molar-refractivity contribution in [2.45, 2.75) is 19.8 Å². The maximum atomic E-state index is 12.2. The molecule has 1 fully saturated rings. The zero-order valence-corrected chi connectivity index (χ0v) is 10.5. The number of carbonyl (C=O) groups excluding carboxylic acids is 1. The quantitative estimate of drug-likeness (QED) is 0.726. The van der Waals surface area contributed by atoms with Crippen LogP contribution in [0.1, 0.15) is 28.8 Å². The molecule has 2 heterocycles. The van der Waals surface area contributed by atoms with Gasteiger partial charge in [0.05, 0.1) is 0 Å². The number of hydrogen-bond acceptors (Lipinski definition) is 2. The van der Waals surface area contributed by atoms with Crippen LogP contribution in [0.15, 0.2) is 6.07 Å². The molecule has 3 nitrogen and oxygen atoms in total. The predicted molar refractivity (Wildman–Crippen MR) is 64.1 cm³/mol. The topological polar surface area (TPSA) is 33.2 Å². The highest BCUT2D eigenvalue weighted by Crippen LogP contribution is 2.23. The Bertz CT molecular complexity index is 428. The average molecular weight is 259 g/mol. The van der Waals surface area contributed by atoms with Gasteiger partial charge in [0.1, 0.15) is 10.3 Å². The number of nitrogens with zero attached hydrogens (tertiary/aromatic N) is 2. The first kappa shape index (κ1) is 11.7. The van der Waals surface area contributed by atoms with Gasteiger partial charge in [-0.2, -0.15) is 0 Å². The van der Waals surface area contributed by atoms with Gasteiger partial charge in [0.25, 0.3) is 5.91 Å².